The summed E-state index contributed by atoms with van der Waals surface area (Å²) in [5, 5.41) is 6.98. The molecule has 0 bridgehead atoms. The molecule has 1 heterocycles. The van der Waals surface area contributed by atoms with Gasteiger partial charge in [0.25, 0.3) is 0 Å². The highest BCUT2D eigenvalue weighted by Gasteiger charge is 2.22. The lowest BCUT2D eigenvalue weighted by Crippen LogP contribution is -2.32. The molecule has 0 spiro atoms. The largest absolute Gasteiger partial charge is 0.314 e. The average molecular weight is 254 g/mol. The second-order valence-corrected chi connectivity index (χ2v) is 6.73. The number of rotatable bonds is 7. The Morgan fingerprint density at radius 2 is 2.18 bits per heavy atom. The van der Waals surface area contributed by atoms with Gasteiger partial charge in [0.05, 0.1) is 5.01 Å². The molecule has 17 heavy (non-hydrogen) atoms. The maximum atomic E-state index is 4.56. The van der Waals surface area contributed by atoms with Crippen LogP contribution in [0, 0.1) is 12.3 Å². The third-order valence-electron chi connectivity index (χ3n) is 2.90. The van der Waals surface area contributed by atoms with E-state index in [4.69, 9.17) is 0 Å². The third kappa shape index (κ3) is 5.64. The lowest BCUT2D eigenvalue weighted by molar-refractivity contribution is 0.286. The van der Waals surface area contributed by atoms with Crippen molar-refractivity contribution in [3.8, 4) is 0 Å². The second-order valence-electron chi connectivity index (χ2n) is 5.78. The first-order valence-electron chi connectivity index (χ1n) is 6.57. The van der Waals surface area contributed by atoms with Crippen molar-refractivity contribution in [3.63, 3.8) is 0 Å². The molecule has 1 aromatic heterocycles. The molecule has 1 aromatic rings. The topological polar surface area (TPSA) is 24.9 Å². The standard InChI is InChI=1S/C14H26N2S/c1-6-7-15-11(2)8-14(4,5)9-13-16-12(3)10-17-13/h10-11,15H,6-9H2,1-5H3. The molecular weight excluding hydrogens is 228 g/mol. The zero-order chi connectivity index (χ0) is 12.9. The maximum absolute atomic E-state index is 4.56. The maximum Gasteiger partial charge on any atom is 0.0933 e. The Hall–Kier alpha value is -0.410. The van der Waals surface area contributed by atoms with E-state index in [2.05, 4.69) is 50.3 Å². The SMILES string of the molecule is CCCNC(C)CC(C)(C)Cc1nc(C)cs1. The Morgan fingerprint density at radius 1 is 1.47 bits per heavy atom. The van der Waals surface area contributed by atoms with Crippen LogP contribution in [0.3, 0.4) is 0 Å². The molecule has 0 aliphatic heterocycles. The number of thiazole rings is 1. The number of hydrogen-bond acceptors (Lipinski definition) is 3. The van der Waals surface area contributed by atoms with Gasteiger partial charge in [0, 0.05) is 23.5 Å². The summed E-state index contributed by atoms with van der Waals surface area (Å²) >= 11 is 1.79. The highest BCUT2D eigenvalue weighted by atomic mass is 32.1. The van der Waals surface area contributed by atoms with E-state index in [0.29, 0.717) is 11.5 Å². The van der Waals surface area contributed by atoms with Gasteiger partial charge in [-0.25, -0.2) is 4.98 Å². The van der Waals surface area contributed by atoms with Crippen LogP contribution in [-0.2, 0) is 6.42 Å². The molecule has 2 nitrogen and oxygen atoms in total. The Labute approximate surface area is 110 Å². The van der Waals surface area contributed by atoms with E-state index < -0.39 is 0 Å². The van der Waals surface area contributed by atoms with Crippen LogP contribution in [0.5, 0.6) is 0 Å². The van der Waals surface area contributed by atoms with Gasteiger partial charge in [0.2, 0.25) is 0 Å². The van der Waals surface area contributed by atoms with Gasteiger partial charge >= 0.3 is 0 Å². The molecular formula is C14H26N2S. The van der Waals surface area contributed by atoms with Gasteiger partial charge in [0.15, 0.2) is 0 Å². The van der Waals surface area contributed by atoms with Crippen molar-refractivity contribution < 1.29 is 0 Å². The molecule has 1 atom stereocenters. The molecule has 98 valence electrons. The summed E-state index contributed by atoms with van der Waals surface area (Å²) in [4.78, 5) is 4.56. The van der Waals surface area contributed by atoms with Crippen LogP contribution in [-0.4, -0.2) is 17.6 Å². The zero-order valence-corrected chi connectivity index (χ0v) is 12.7. The van der Waals surface area contributed by atoms with Gasteiger partial charge in [-0.05, 0) is 38.6 Å². The van der Waals surface area contributed by atoms with Gasteiger partial charge in [-0.15, -0.1) is 11.3 Å². The number of aromatic nitrogens is 1. The predicted octanol–water partition coefficient (Wildman–Crippen LogP) is 3.80. The highest BCUT2D eigenvalue weighted by Crippen LogP contribution is 2.28. The molecule has 1 unspecified atom stereocenters. The summed E-state index contributed by atoms with van der Waals surface area (Å²) in [6.07, 6.45) is 3.49. The molecule has 0 aromatic carbocycles. The molecule has 1 N–H and O–H groups in total. The summed E-state index contributed by atoms with van der Waals surface area (Å²) < 4.78 is 0. The van der Waals surface area contributed by atoms with Crippen molar-refractivity contribution in [3.05, 3.63) is 16.1 Å². The van der Waals surface area contributed by atoms with Crippen molar-refractivity contribution in [2.24, 2.45) is 5.41 Å². The minimum Gasteiger partial charge on any atom is -0.314 e. The molecule has 0 saturated carbocycles. The molecule has 0 aliphatic rings. The number of nitrogens with one attached hydrogen (secondary N) is 1. The normalized spacial score (nSPS) is 13.9. The predicted molar refractivity (Wildman–Crippen MR) is 76.7 cm³/mol. The van der Waals surface area contributed by atoms with Crippen LogP contribution in [0.1, 0.15) is 51.2 Å². The first-order valence-corrected chi connectivity index (χ1v) is 7.45. The summed E-state index contributed by atoms with van der Waals surface area (Å²) in [7, 11) is 0. The summed E-state index contributed by atoms with van der Waals surface area (Å²) in [6.45, 7) is 12.4. The van der Waals surface area contributed by atoms with E-state index in [1.54, 1.807) is 11.3 Å². The van der Waals surface area contributed by atoms with E-state index in [-0.39, 0.29) is 0 Å². The fraction of sp³-hybridized carbons (Fsp3) is 0.786. The van der Waals surface area contributed by atoms with Crippen molar-refractivity contribution in [2.45, 2.75) is 59.9 Å². The molecule has 0 amide bonds. The van der Waals surface area contributed by atoms with Gasteiger partial charge in [0.1, 0.15) is 0 Å². The summed E-state index contributed by atoms with van der Waals surface area (Å²) in [6, 6.07) is 0.589. The second kappa shape index (κ2) is 6.50. The van der Waals surface area contributed by atoms with Crippen molar-refractivity contribution >= 4 is 11.3 Å². The quantitative estimate of drug-likeness (QED) is 0.800. The van der Waals surface area contributed by atoms with Crippen molar-refractivity contribution in [2.75, 3.05) is 6.54 Å². The van der Waals surface area contributed by atoms with Crippen LogP contribution in [0.4, 0.5) is 0 Å². The molecule has 3 heteroatoms. The van der Waals surface area contributed by atoms with Crippen molar-refractivity contribution in [1.82, 2.24) is 10.3 Å². The average Bonchev–Trinajstić information content (AvgIpc) is 2.59. The minimum atomic E-state index is 0.324. The van der Waals surface area contributed by atoms with E-state index in [9.17, 15) is 0 Å². The Kier molecular flexibility index (Phi) is 5.60. The summed E-state index contributed by atoms with van der Waals surface area (Å²) in [5.41, 5.74) is 1.47. The lowest BCUT2D eigenvalue weighted by atomic mass is 9.83. The van der Waals surface area contributed by atoms with Crippen LogP contribution >= 0.6 is 11.3 Å². The molecule has 1 rings (SSSR count). The number of hydrogen-bond donors (Lipinski definition) is 1. The van der Waals surface area contributed by atoms with E-state index >= 15 is 0 Å². The van der Waals surface area contributed by atoms with E-state index in [0.717, 1.165) is 18.7 Å². The number of nitrogens with zero attached hydrogens (tertiary/aromatic N) is 1. The van der Waals surface area contributed by atoms with Gasteiger partial charge in [-0.1, -0.05) is 20.8 Å². The van der Waals surface area contributed by atoms with Crippen LogP contribution in [0.2, 0.25) is 0 Å². The van der Waals surface area contributed by atoms with Crippen LogP contribution in [0.25, 0.3) is 0 Å². The van der Waals surface area contributed by atoms with Gasteiger partial charge in [-0.2, -0.15) is 0 Å². The molecule has 0 radical (unpaired) electrons. The Bertz CT molecular complexity index is 331. The minimum absolute atomic E-state index is 0.324. The number of aryl methyl sites for hydroxylation is 1. The van der Waals surface area contributed by atoms with Crippen LogP contribution in [0.15, 0.2) is 5.38 Å². The van der Waals surface area contributed by atoms with Gasteiger partial charge < -0.3 is 5.32 Å². The molecule has 0 aliphatic carbocycles. The highest BCUT2D eigenvalue weighted by molar-refractivity contribution is 7.09. The van der Waals surface area contributed by atoms with E-state index in [1.165, 1.54) is 17.8 Å². The fourth-order valence-corrected chi connectivity index (χ4v) is 3.29. The Morgan fingerprint density at radius 3 is 2.71 bits per heavy atom. The smallest absolute Gasteiger partial charge is 0.0933 e. The first-order chi connectivity index (χ1) is 7.93. The van der Waals surface area contributed by atoms with Crippen LogP contribution < -0.4 is 5.32 Å². The fourth-order valence-electron chi connectivity index (χ4n) is 2.26. The molecule has 0 saturated heterocycles. The Balaban J connectivity index is 2.44. The first kappa shape index (κ1) is 14.7. The van der Waals surface area contributed by atoms with Crippen molar-refractivity contribution in [1.29, 1.82) is 0 Å². The van der Waals surface area contributed by atoms with E-state index in [1.807, 2.05) is 0 Å². The molecule has 0 fully saturated rings. The zero-order valence-electron chi connectivity index (χ0n) is 11.8. The van der Waals surface area contributed by atoms with Gasteiger partial charge in [-0.3, -0.25) is 0 Å². The monoisotopic (exact) mass is 254 g/mol. The lowest BCUT2D eigenvalue weighted by Gasteiger charge is -2.27. The summed E-state index contributed by atoms with van der Waals surface area (Å²) in [5.74, 6) is 0. The third-order valence-corrected chi connectivity index (χ3v) is 3.86.